The van der Waals surface area contributed by atoms with E-state index in [9.17, 15) is 24.8 Å². The number of amides is 1. The Balaban J connectivity index is 1.76. The maximum absolute atomic E-state index is 12.8. The number of aliphatic hydroxyl groups is 1. The van der Waals surface area contributed by atoms with Crippen LogP contribution in [0.3, 0.4) is 0 Å². The number of esters is 1. The van der Waals surface area contributed by atoms with Gasteiger partial charge in [0.15, 0.2) is 6.04 Å². The van der Waals surface area contributed by atoms with E-state index in [0.717, 1.165) is 10.5 Å². The summed E-state index contributed by atoms with van der Waals surface area (Å²) < 4.78 is 5.27. The topological polar surface area (TPSA) is 159 Å². The number of nitro groups is 1. The quantitative estimate of drug-likeness (QED) is 0.117. The van der Waals surface area contributed by atoms with E-state index in [0.29, 0.717) is 5.56 Å². The van der Waals surface area contributed by atoms with Crippen molar-refractivity contribution in [2.45, 2.75) is 37.8 Å². The number of rotatable bonds is 9. The minimum absolute atomic E-state index is 0.102. The van der Waals surface area contributed by atoms with Crippen molar-refractivity contribution in [1.29, 1.82) is 0 Å². The molecule has 1 fully saturated rings. The van der Waals surface area contributed by atoms with Crippen LogP contribution in [0.5, 0.6) is 0 Å². The van der Waals surface area contributed by atoms with Crippen molar-refractivity contribution in [3.63, 3.8) is 0 Å². The van der Waals surface area contributed by atoms with E-state index >= 15 is 0 Å². The molecule has 0 spiro atoms. The number of hydrogen-bond donors (Lipinski definition) is 1. The maximum Gasteiger partial charge on any atom is 0.331 e. The van der Waals surface area contributed by atoms with Gasteiger partial charge in [-0.05, 0) is 35.7 Å². The first-order valence-corrected chi connectivity index (χ1v) is 10.0. The number of likely N-dealkylation sites (tertiary alicyclic amines) is 1. The number of carbonyl (C=O) groups is 2. The molecule has 33 heavy (non-hydrogen) atoms. The average molecular weight is 451 g/mol. The summed E-state index contributed by atoms with van der Waals surface area (Å²) in [5.41, 5.74) is 10.0. The highest BCUT2D eigenvalue weighted by molar-refractivity contribution is 5.95. The molecule has 0 aliphatic carbocycles. The normalized spacial score (nSPS) is 19.3. The number of nitro benzene ring substituents is 1. The molecule has 1 saturated heterocycles. The average Bonchev–Trinajstić information content (AvgIpc) is 2.81. The largest absolute Gasteiger partial charge is 0.459 e. The summed E-state index contributed by atoms with van der Waals surface area (Å²) in [5.74, 6) is -1.46. The fourth-order valence-electron chi connectivity index (χ4n) is 3.48. The second kappa shape index (κ2) is 10.4. The maximum atomic E-state index is 12.8. The monoisotopic (exact) mass is 451 g/mol. The summed E-state index contributed by atoms with van der Waals surface area (Å²) in [6.07, 6.45) is 2.10. The van der Waals surface area contributed by atoms with Gasteiger partial charge < -0.3 is 14.7 Å². The third-order valence-corrected chi connectivity index (χ3v) is 5.14. The molecule has 3 rings (SSSR count). The van der Waals surface area contributed by atoms with Gasteiger partial charge in [-0.2, -0.15) is 0 Å². The molecule has 1 heterocycles. The first-order chi connectivity index (χ1) is 15.8. The molecule has 11 heteroatoms. The molecule has 0 radical (unpaired) electrons. The number of benzene rings is 2. The minimum Gasteiger partial charge on any atom is -0.459 e. The van der Waals surface area contributed by atoms with Gasteiger partial charge in [0.2, 0.25) is 5.91 Å². The Morgan fingerprint density at radius 3 is 2.55 bits per heavy atom. The molecule has 4 atom stereocenters. The molecule has 1 N–H and O–H groups in total. The van der Waals surface area contributed by atoms with Crippen molar-refractivity contribution in [2.75, 3.05) is 0 Å². The molecule has 1 amide bonds. The zero-order valence-corrected chi connectivity index (χ0v) is 17.6. The van der Waals surface area contributed by atoms with Crippen LogP contribution in [-0.2, 0) is 20.9 Å². The van der Waals surface area contributed by atoms with Gasteiger partial charge >= 0.3 is 5.97 Å². The summed E-state index contributed by atoms with van der Waals surface area (Å²) in [6, 6.07) is 11.5. The van der Waals surface area contributed by atoms with E-state index in [4.69, 9.17) is 10.3 Å². The van der Waals surface area contributed by atoms with Crippen molar-refractivity contribution in [3.8, 4) is 0 Å². The number of aliphatic hydroxyl groups excluding tert-OH is 1. The third kappa shape index (κ3) is 5.35. The fraction of sp³-hybridized carbons (Fsp3) is 0.273. The van der Waals surface area contributed by atoms with E-state index in [2.05, 4.69) is 10.0 Å². The number of hydrogen-bond acceptors (Lipinski definition) is 7. The predicted molar refractivity (Wildman–Crippen MR) is 117 cm³/mol. The summed E-state index contributed by atoms with van der Waals surface area (Å²) in [7, 11) is 0. The smallest absolute Gasteiger partial charge is 0.331 e. The van der Waals surface area contributed by atoms with Crippen molar-refractivity contribution in [3.05, 3.63) is 92.4 Å². The van der Waals surface area contributed by atoms with Crippen LogP contribution in [-0.4, -0.2) is 51.0 Å². The SMILES string of the molecule is CC(O)C(C(=O)OCc1ccc([N+](=O)[O-])cc1)N1C(=O)C(N=[N+]=[N-])C1C=Cc1ccccc1. The van der Waals surface area contributed by atoms with Crippen LogP contribution in [0, 0.1) is 10.1 Å². The van der Waals surface area contributed by atoms with Crippen molar-refractivity contribution < 1.29 is 24.4 Å². The highest BCUT2D eigenvalue weighted by atomic mass is 16.6. The Morgan fingerprint density at radius 2 is 1.97 bits per heavy atom. The van der Waals surface area contributed by atoms with Gasteiger partial charge in [0.1, 0.15) is 12.6 Å². The van der Waals surface area contributed by atoms with Gasteiger partial charge in [-0.3, -0.25) is 14.9 Å². The number of non-ortho nitro benzene ring substituents is 1. The number of nitrogens with zero attached hydrogens (tertiary/aromatic N) is 5. The third-order valence-electron chi connectivity index (χ3n) is 5.14. The molecule has 0 bridgehead atoms. The fourth-order valence-corrected chi connectivity index (χ4v) is 3.48. The van der Waals surface area contributed by atoms with Crippen LogP contribution in [0.1, 0.15) is 18.1 Å². The van der Waals surface area contributed by atoms with Gasteiger partial charge in [-0.1, -0.05) is 47.6 Å². The van der Waals surface area contributed by atoms with E-state index in [-0.39, 0.29) is 12.3 Å². The molecule has 1 aliphatic rings. The molecule has 170 valence electrons. The number of ether oxygens (including phenoxy) is 1. The summed E-state index contributed by atoms with van der Waals surface area (Å²) in [4.78, 5) is 39.5. The Kier molecular flexibility index (Phi) is 7.39. The predicted octanol–water partition coefficient (Wildman–Crippen LogP) is 2.99. The first kappa shape index (κ1) is 23.5. The lowest BCUT2D eigenvalue weighted by Crippen LogP contribution is -2.70. The summed E-state index contributed by atoms with van der Waals surface area (Å²) in [5, 5.41) is 24.5. The zero-order chi connectivity index (χ0) is 24.0. The Bertz CT molecular complexity index is 1100. The van der Waals surface area contributed by atoms with E-state index in [1.54, 1.807) is 12.2 Å². The minimum atomic E-state index is -1.33. The standard InChI is InChI=1S/C22H21N5O6/c1-14(28)20(22(30)33-13-16-7-10-17(11-8-16)27(31)32)26-18(19(21(26)29)24-25-23)12-9-15-5-3-2-4-6-15/h2-12,14,18-20,28H,13H2,1H3. The molecular weight excluding hydrogens is 430 g/mol. The highest BCUT2D eigenvalue weighted by Gasteiger charge is 2.52. The molecule has 1 aliphatic heterocycles. The van der Waals surface area contributed by atoms with E-state index < -0.39 is 41.0 Å². The Labute approximate surface area is 188 Å². The number of carbonyl (C=O) groups excluding carboxylic acids is 2. The van der Waals surface area contributed by atoms with Crippen LogP contribution >= 0.6 is 0 Å². The molecule has 0 aromatic heterocycles. The van der Waals surface area contributed by atoms with Crippen LogP contribution in [0.15, 0.2) is 65.8 Å². The van der Waals surface area contributed by atoms with Gasteiger partial charge in [0, 0.05) is 17.0 Å². The lowest BCUT2D eigenvalue weighted by atomic mass is 9.90. The second-order valence-corrected chi connectivity index (χ2v) is 7.37. The summed E-state index contributed by atoms with van der Waals surface area (Å²) >= 11 is 0. The molecule has 11 nitrogen and oxygen atoms in total. The molecule has 4 unspecified atom stereocenters. The highest BCUT2D eigenvalue weighted by Crippen LogP contribution is 2.30. The van der Waals surface area contributed by atoms with Crippen molar-refractivity contribution >= 4 is 23.6 Å². The van der Waals surface area contributed by atoms with E-state index in [1.165, 1.54) is 31.2 Å². The second-order valence-electron chi connectivity index (χ2n) is 7.37. The first-order valence-electron chi connectivity index (χ1n) is 10.0. The van der Waals surface area contributed by atoms with Crippen LogP contribution < -0.4 is 0 Å². The number of azide groups is 1. The lowest BCUT2D eigenvalue weighted by Gasteiger charge is -2.47. The molecule has 2 aromatic rings. The molecular formula is C22H21N5O6. The zero-order valence-electron chi connectivity index (χ0n) is 17.6. The summed E-state index contributed by atoms with van der Waals surface area (Å²) in [6.45, 7) is 1.15. The molecule has 2 aromatic carbocycles. The van der Waals surface area contributed by atoms with Gasteiger partial charge in [0.05, 0.1) is 17.1 Å². The van der Waals surface area contributed by atoms with Gasteiger partial charge in [-0.25, -0.2) is 4.79 Å². The molecule has 0 saturated carbocycles. The van der Waals surface area contributed by atoms with Crippen LogP contribution in [0.2, 0.25) is 0 Å². The lowest BCUT2D eigenvalue weighted by molar-refractivity contribution is -0.384. The van der Waals surface area contributed by atoms with Crippen molar-refractivity contribution in [1.82, 2.24) is 4.90 Å². The van der Waals surface area contributed by atoms with Crippen LogP contribution in [0.25, 0.3) is 16.5 Å². The van der Waals surface area contributed by atoms with Crippen molar-refractivity contribution in [2.24, 2.45) is 5.11 Å². The number of β-lactam (4-membered cyclic amide) rings is 1. The Morgan fingerprint density at radius 1 is 1.30 bits per heavy atom. The Hall–Kier alpha value is -4.21. The van der Waals surface area contributed by atoms with Crippen LogP contribution in [0.4, 0.5) is 5.69 Å². The van der Waals surface area contributed by atoms with Gasteiger partial charge in [0.25, 0.3) is 5.69 Å². The van der Waals surface area contributed by atoms with Gasteiger partial charge in [-0.15, -0.1) is 0 Å². The van der Waals surface area contributed by atoms with E-state index in [1.807, 2.05) is 30.3 Å².